The predicted octanol–water partition coefficient (Wildman–Crippen LogP) is 2.06. The minimum atomic E-state index is -1.20. The van der Waals surface area contributed by atoms with Gasteiger partial charge in [0.25, 0.3) is 0 Å². The van der Waals surface area contributed by atoms with Crippen LogP contribution in [0.5, 0.6) is 0 Å². The number of aromatic carboxylic acids is 1. The number of hydrogen-bond acceptors (Lipinski definition) is 4. The van der Waals surface area contributed by atoms with E-state index in [1.807, 2.05) is 0 Å². The van der Waals surface area contributed by atoms with Crippen LogP contribution in [0.15, 0.2) is 18.2 Å². The molecule has 0 heterocycles. The summed E-state index contributed by atoms with van der Waals surface area (Å²) in [6, 6.07) is 3.36. The van der Waals surface area contributed by atoms with E-state index in [0.717, 1.165) is 4.90 Å². The van der Waals surface area contributed by atoms with Crippen LogP contribution in [0.2, 0.25) is 5.02 Å². The highest BCUT2D eigenvalue weighted by Gasteiger charge is 2.17. The van der Waals surface area contributed by atoms with E-state index in [1.54, 1.807) is 6.92 Å². The number of halogens is 1. The van der Waals surface area contributed by atoms with Crippen molar-refractivity contribution in [2.75, 3.05) is 25.5 Å². The molecular weight excluding hydrogens is 300 g/mol. The number of likely N-dealkylation sites (N-methyl/N-ethyl adjacent to an activating group) is 1. The molecule has 2 N–H and O–H groups in total. The van der Waals surface area contributed by atoms with Gasteiger partial charge < -0.3 is 20.1 Å². The normalized spacial score (nSPS) is 9.86. The minimum absolute atomic E-state index is 0.0516. The van der Waals surface area contributed by atoms with E-state index >= 15 is 0 Å². The first kappa shape index (κ1) is 16.8. The molecule has 7 nitrogen and oxygen atoms in total. The van der Waals surface area contributed by atoms with Crippen molar-refractivity contribution in [1.29, 1.82) is 0 Å². The van der Waals surface area contributed by atoms with Crippen LogP contribution in [0, 0.1) is 0 Å². The molecule has 0 saturated carbocycles. The van der Waals surface area contributed by atoms with Gasteiger partial charge in [-0.3, -0.25) is 4.79 Å². The van der Waals surface area contributed by atoms with Gasteiger partial charge in [0, 0.05) is 12.1 Å². The van der Waals surface area contributed by atoms with Crippen molar-refractivity contribution in [2.45, 2.75) is 6.92 Å². The predicted molar refractivity (Wildman–Crippen MR) is 76.7 cm³/mol. The van der Waals surface area contributed by atoms with Crippen molar-refractivity contribution in [3.05, 3.63) is 28.8 Å². The molecule has 0 fully saturated rings. The zero-order chi connectivity index (χ0) is 16.0. The van der Waals surface area contributed by atoms with Gasteiger partial charge in [0.15, 0.2) is 0 Å². The summed E-state index contributed by atoms with van der Waals surface area (Å²) in [6.07, 6.45) is 0. The number of rotatable bonds is 5. The summed E-state index contributed by atoms with van der Waals surface area (Å²) in [5.41, 5.74) is -0.0482. The molecule has 0 saturated heterocycles. The lowest BCUT2D eigenvalue weighted by atomic mass is 10.2. The Bertz CT molecular complexity index is 561. The van der Waals surface area contributed by atoms with E-state index in [2.05, 4.69) is 5.32 Å². The minimum Gasteiger partial charge on any atom is -0.478 e. The fraction of sp³-hybridized carbons (Fsp3) is 0.308. The van der Waals surface area contributed by atoms with E-state index in [1.165, 1.54) is 25.2 Å². The lowest BCUT2D eigenvalue weighted by Gasteiger charge is -2.17. The molecule has 0 spiro atoms. The summed E-state index contributed by atoms with van der Waals surface area (Å²) in [4.78, 5) is 35.3. The Kier molecular flexibility index (Phi) is 5.98. The molecule has 21 heavy (non-hydrogen) atoms. The summed E-state index contributed by atoms with van der Waals surface area (Å²) in [7, 11) is 1.39. The second-order valence-corrected chi connectivity index (χ2v) is 4.52. The largest absolute Gasteiger partial charge is 0.478 e. The number of carbonyl (C=O) groups excluding carboxylic acids is 2. The summed E-state index contributed by atoms with van der Waals surface area (Å²) in [6.45, 7) is 1.62. The Morgan fingerprint density at radius 3 is 2.62 bits per heavy atom. The highest BCUT2D eigenvalue weighted by atomic mass is 35.5. The molecule has 2 amide bonds. The van der Waals surface area contributed by atoms with E-state index in [0.29, 0.717) is 0 Å². The molecule has 0 aliphatic rings. The first-order chi connectivity index (χ1) is 9.85. The van der Waals surface area contributed by atoms with Crippen LogP contribution in [0.4, 0.5) is 10.5 Å². The molecule has 0 radical (unpaired) electrons. The Balaban J connectivity index is 2.80. The van der Waals surface area contributed by atoms with E-state index in [-0.39, 0.29) is 29.4 Å². The number of carbonyl (C=O) groups is 3. The highest BCUT2D eigenvalue weighted by Crippen LogP contribution is 2.21. The van der Waals surface area contributed by atoms with Crippen LogP contribution < -0.4 is 5.32 Å². The zero-order valence-electron chi connectivity index (χ0n) is 11.6. The van der Waals surface area contributed by atoms with Gasteiger partial charge in [0.1, 0.15) is 6.54 Å². The average Bonchev–Trinajstić information content (AvgIpc) is 2.38. The molecular formula is C13H15ClN2O5. The smallest absolute Gasteiger partial charge is 0.337 e. The lowest BCUT2D eigenvalue weighted by molar-refractivity contribution is -0.143. The summed E-state index contributed by atoms with van der Waals surface area (Å²) in [5, 5.41) is 11.7. The molecule has 1 aromatic carbocycles. The maximum atomic E-state index is 11.9. The number of ether oxygens (including phenoxy) is 1. The standard InChI is InChI=1S/C13H15ClN2O5/c1-3-21-11(17)7-16(2)13(20)15-10-6-8(14)4-5-9(10)12(18)19/h4-6H,3,7H2,1-2H3,(H,15,20)(H,18,19). The third kappa shape index (κ3) is 4.96. The van der Waals surface area contributed by atoms with Crippen molar-refractivity contribution >= 4 is 35.3 Å². The van der Waals surface area contributed by atoms with Gasteiger partial charge in [-0.05, 0) is 25.1 Å². The monoisotopic (exact) mass is 314 g/mol. The van der Waals surface area contributed by atoms with Gasteiger partial charge in [-0.2, -0.15) is 0 Å². The van der Waals surface area contributed by atoms with Gasteiger partial charge in [0.05, 0.1) is 17.9 Å². The molecule has 0 unspecified atom stereocenters. The Labute approximate surface area is 126 Å². The number of benzene rings is 1. The van der Waals surface area contributed by atoms with E-state index in [4.69, 9.17) is 21.4 Å². The SMILES string of the molecule is CCOC(=O)CN(C)C(=O)Nc1cc(Cl)ccc1C(=O)O. The second-order valence-electron chi connectivity index (χ2n) is 4.09. The fourth-order valence-electron chi connectivity index (χ4n) is 1.49. The third-order valence-corrected chi connectivity index (χ3v) is 2.71. The Morgan fingerprint density at radius 2 is 2.05 bits per heavy atom. The molecule has 0 atom stereocenters. The lowest BCUT2D eigenvalue weighted by Crippen LogP contribution is -2.36. The van der Waals surface area contributed by atoms with E-state index in [9.17, 15) is 14.4 Å². The number of amides is 2. The number of esters is 1. The number of nitrogens with zero attached hydrogens (tertiary/aromatic N) is 1. The fourth-order valence-corrected chi connectivity index (χ4v) is 1.66. The number of hydrogen-bond donors (Lipinski definition) is 2. The zero-order valence-corrected chi connectivity index (χ0v) is 12.3. The molecule has 0 aliphatic carbocycles. The summed E-state index contributed by atoms with van der Waals surface area (Å²) in [5.74, 6) is -1.75. The maximum Gasteiger partial charge on any atom is 0.337 e. The van der Waals surface area contributed by atoms with Gasteiger partial charge >= 0.3 is 18.0 Å². The van der Waals surface area contributed by atoms with Crippen LogP contribution in [0.1, 0.15) is 17.3 Å². The molecule has 0 aromatic heterocycles. The second kappa shape index (κ2) is 7.49. The van der Waals surface area contributed by atoms with Gasteiger partial charge in [0.2, 0.25) is 0 Å². The average molecular weight is 315 g/mol. The van der Waals surface area contributed by atoms with Gasteiger partial charge in [-0.25, -0.2) is 9.59 Å². The first-order valence-electron chi connectivity index (χ1n) is 6.05. The number of carboxylic acid groups (broad SMARTS) is 1. The topological polar surface area (TPSA) is 95.9 Å². The molecule has 1 aromatic rings. The quantitative estimate of drug-likeness (QED) is 0.811. The summed E-state index contributed by atoms with van der Waals surface area (Å²) < 4.78 is 4.72. The third-order valence-electron chi connectivity index (χ3n) is 2.47. The van der Waals surface area contributed by atoms with Crippen molar-refractivity contribution in [1.82, 2.24) is 4.90 Å². The van der Waals surface area contributed by atoms with Gasteiger partial charge in [-0.15, -0.1) is 0 Å². The Hall–Kier alpha value is -2.28. The molecule has 8 heteroatoms. The van der Waals surface area contributed by atoms with Crippen molar-refractivity contribution < 1.29 is 24.2 Å². The van der Waals surface area contributed by atoms with Crippen molar-refractivity contribution in [3.63, 3.8) is 0 Å². The number of nitrogens with one attached hydrogen (secondary N) is 1. The van der Waals surface area contributed by atoms with Crippen LogP contribution in [0.3, 0.4) is 0 Å². The number of carboxylic acids is 1. The number of urea groups is 1. The van der Waals surface area contributed by atoms with Crippen LogP contribution in [-0.2, 0) is 9.53 Å². The molecule has 0 bridgehead atoms. The van der Waals surface area contributed by atoms with Crippen molar-refractivity contribution in [3.8, 4) is 0 Å². The molecule has 114 valence electrons. The maximum absolute atomic E-state index is 11.9. The van der Waals surface area contributed by atoms with Crippen LogP contribution in [0.25, 0.3) is 0 Å². The van der Waals surface area contributed by atoms with Crippen LogP contribution in [-0.4, -0.2) is 48.2 Å². The summed E-state index contributed by atoms with van der Waals surface area (Å²) >= 11 is 5.78. The van der Waals surface area contributed by atoms with Crippen LogP contribution >= 0.6 is 11.6 Å². The van der Waals surface area contributed by atoms with E-state index < -0.39 is 18.0 Å². The first-order valence-corrected chi connectivity index (χ1v) is 6.43. The van der Waals surface area contributed by atoms with Crippen molar-refractivity contribution in [2.24, 2.45) is 0 Å². The van der Waals surface area contributed by atoms with Gasteiger partial charge in [-0.1, -0.05) is 11.6 Å². The number of anilines is 1. The molecule has 1 rings (SSSR count). The Morgan fingerprint density at radius 1 is 1.38 bits per heavy atom. The molecule has 0 aliphatic heterocycles. The highest BCUT2D eigenvalue weighted by molar-refractivity contribution is 6.31.